The molecule has 0 fully saturated rings. The Morgan fingerprint density at radius 3 is 2.10 bits per heavy atom. The zero-order valence-electron chi connectivity index (χ0n) is 11.7. The maximum atomic E-state index is 4.20. The molecule has 2 aromatic carbocycles. The minimum Gasteiger partial charge on any atom is -0.373 e. The average molecular weight is 272 g/mol. The monoisotopic (exact) mass is 272 g/mol. The number of hydrogen-bond acceptors (Lipinski definition) is 2. The van der Waals surface area contributed by atoms with E-state index in [4.69, 9.17) is 0 Å². The van der Waals surface area contributed by atoms with E-state index in [1.165, 1.54) is 22.3 Å². The van der Waals surface area contributed by atoms with Crippen LogP contribution in [0.4, 0.5) is 5.69 Å². The van der Waals surface area contributed by atoms with Crippen molar-refractivity contribution in [3.8, 4) is 0 Å². The zero-order chi connectivity index (χ0) is 14.1. The molecule has 0 bridgehead atoms. The number of benzene rings is 2. The van der Waals surface area contributed by atoms with Gasteiger partial charge in [-0.15, -0.1) is 0 Å². The zero-order valence-corrected chi connectivity index (χ0v) is 11.7. The summed E-state index contributed by atoms with van der Waals surface area (Å²) in [7, 11) is 0. The van der Waals surface area contributed by atoms with Gasteiger partial charge in [-0.25, -0.2) is 0 Å². The van der Waals surface area contributed by atoms with E-state index in [-0.39, 0.29) is 6.04 Å². The van der Waals surface area contributed by atoms with Gasteiger partial charge in [0.2, 0.25) is 0 Å². The number of rotatable bonds is 2. The summed E-state index contributed by atoms with van der Waals surface area (Å²) in [6.07, 6.45) is 4.69. The second kappa shape index (κ2) is 5.06. The van der Waals surface area contributed by atoms with Crippen LogP contribution in [0.3, 0.4) is 0 Å². The maximum Gasteiger partial charge on any atom is 0.0773 e. The molecule has 1 aliphatic carbocycles. The Balaban J connectivity index is 1.82. The van der Waals surface area contributed by atoms with Crippen LogP contribution in [0.1, 0.15) is 28.3 Å². The van der Waals surface area contributed by atoms with Crippen molar-refractivity contribution in [1.29, 1.82) is 0 Å². The first-order valence-corrected chi connectivity index (χ1v) is 7.24. The normalized spacial score (nSPS) is 13.3. The topological polar surface area (TPSA) is 24.9 Å². The van der Waals surface area contributed by atoms with E-state index in [0.717, 1.165) is 12.1 Å². The summed E-state index contributed by atoms with van der Waals surface area (Å²) >= 11 is 0. The lowest BCUT2D eigenvalue weighted by Crippen LogP contribution is -2.20. The molecule has 0 saturated heterocycles. The Kier molecular flexibility index (Phi) is 2.93. The standard InChI is InChI=1S/C19H16N2/c1-3-9-17-14(6-1)12-15-7-2-4-10-18(15)19(17)21-16-8-5-11-20-13-16/h1-11,13,19,21H,12H2. The fourth-order valence-electron chi connectivity index (χ4n) is 3.10. The predicted molar refractivity (Wildman–Crippen MR) is 85.4 cm³/mol. The molecular weight excluding hydrogens is 256 g/mol. The smallest absolute Gasteiger partial charge is 0.0773 e. The van der Waals surface area contributed by atoms with Crippen LogP contribution in [0.5, 0.6) is 0 Å². The van der Waals surface area contributed by atoms with Crippen LogP contribution >= 0.6 is 0 Å². The fraction of sp³-hybridized carbons (Fsp3) is 0.105. The molecule has 2 heteroatoms. The van der Waals surface area contributed by atoms with Crippen molar-refractivity contribution < 1.29 is 0 Å². The van der Waals surface area contributed by atoms with Crippen molar-refractivity contribution in [3.63, 3.8) is 0 Å². The first-order chi connectivity index (χ1) is 10.4. The molecule has 1 aromatic heterocycles. The van der Waals surface area contributed by atoms with Gasteiger partial charge in [0.05, 0.1) is 11.7 Å². The summed E-state index contributed by atoms with van der Waals surface area (Å²) in [6.45, 7) is 0. The van der Waals surface area contributed by atoms with Gasteiger partial charge >= 0.3 is 0 Å². The van der Waals surface area contributed by atoms with Crippen LogP contribution in [-0.4, -0.2) is 4.98 Å². The largest absolute Gasteiger partial charge is 0.373 e. The van der Waals surface area contributed by atoms with Gasteiger partial charge < -0.3 is 5.32 Å². The average Bonchev–Trinajstić information content (AvgIpc) is 2.55. The highest BCUT2D eigenvalue weighted by atomic mass is 14.9. The summed E-state index contributed by atoms with van der Waals surface area (Å²) in [6, 6.07) is 21.6. The van der Waals surface area contributed by atoms with Gasteiger partial charge in [-0.2, -0.15) is 0 Å². The minimum atomic E-state index is 0.190. The Labute approximate surface area is 124 Å². The Morgan fingerprint density at radius 2 is 1.48 bits per heavy atom. The number of nitrogens with one attached hydrogen (secondary N) is 1. The number of nitrogens with zero attached hydrogens (tertiary/aromatic N) is 1. The Hall–Kier alpha value is -2.61. The molecule has 2 nitrogen and oxygen atoms in total. The molecule has 4 rings (SSSR count). The number of fused-ring (bicyclic) bond motifs is 2. The predicted octanol–water partition coefficient (Wildman–Crippen LogP) is 4.19. The summed E-state index contributed by atoms with van der Waals surface area (Å²) in [5.41, 5.74) is 6.57. The third-order valence-corrected chi connectivity index (χ3v) is 4.09. The minimum absolute atomic E-state index is 0.190. The van der Waals surface area contributed by atoms with E-state index in [9.17, 15) is 0 Å². The molecule has 3 aromatic rings. The highest BCUT2D eigenvalue weighted by molar-refractivity contribution is 5.55. The second-order valence-electron chi connectivity index (χ2n) is 5.39. The lowest BCUT2D eigenvalue weighted by Gasteiger charge is -2.29. The van der Waals surface area contributed by atoms with Gasteiger partial charge in [0.1, 0.15) is 0 Å². The molecule has 0 radical (unpaired) electrons. The number of aromatic nitrogens is 1. The highest BCUT2D eigenvalue weighted by Gasteiger charge is 2.24. The third kappa shape index (κ3) is 2.19. The van der Waals surface area contributed by atoms with Crippen molar-refractivity contribution in [3.05, 3.63) is 95.3 Å². The molecule has 0 spiro atoms. The van der Waals surface area contributed by atoms with Gasteiger partial charge in [0.15, 0.2) is 0 Å². The molecule has 0 unspecified atom stereocenters. The molecule has 21 heavy (non-hydrogen) atoms. The van der Waals surface area contributed by atoms with Crippen molar-refractivity contribution in [2.45, 2.75) is 12.5 Å². The van der Waals surface area contributed by atoms with Crippen LogP contribution in [0.15, 0.2) is 73.1 Å². The molecule has 1 heterocycles. The summed E-state index contributed by atoms with van der Waals surface area (Å²) < 4.78 is 0. The van der Waals surface area contributed by atoms with Crippen LogP contribution in [0, 0.1) is 0 Å². The highest BCUT2D eigenvalue weighted by Crippen LogP contribution is 2.36. The van der Waals surface area contributed by atoms with Crippen LogP contribution in [0.2, 0.25) is 0 Å². The van der Waals surface area contributed by atoms with E-state index >= 15 is 0 Å². The number of pyridine rings is 1. The van der Waals surface area contributed by atoms with Crippen LogP contribution in [-0.2, 0) is 6.42 Å². The molecule has 0 saturated carbocycles. The maximum absolute atomic E-state index is 4.20. The van der Waals surface area contributed by atoms with Crippen molar-refractivity contribution in [2.75, 3.05) is 5.32 Å². The summed E-state index contributed by atoms with van der Waals surface area (Å²) in [5, 5.41) is 3.63. The van der Waals surface area contributed by atoms with Gasteiger partial charge in [0.25, 0.3) is 0 Å². The van der Waals surface area contributed by atoms with Crippen LogP contribution in [0.25, 0.3) is 0 Å². The Bertz CT molecular complexity index is 720. The summed E-state index contributed by atoms with van der Waals surface area (Å²) in [4.78, 5) is 4.20. The van der Waals surface area contributed by atoms with Crippen molar-refractivity contribution in [2.24, 2.45) is 0 Å². The third-order valence-electron chi connectivity index (χ3n) is 4.09. The number of anilines is 1. The van der Waals surface area contributed by atoms with E-state index in [1.807, 2.05) is 12.3 Å². The molecule has 0 amide bonds. The van der Waals surface area contributed by atoms with Crippen molar-refractivity contribution >= 4 is 5.69 Å². The first-order valence-electron chi connectivity index (χ1n) is 7.24. The molecular formula is C19H16N2. The molecule has 0 atom stereocenters. The summed E-state index contributed by atoms with van der Waals surface area (Å²) in [5.74, 6) is 0. The number of hydrogen-bond donors (Lipinski definition) is 1. The lowest BCUT2D eigenvalue weighted by molar-refractivity contribution is 0.858. The van der Waals surface area contributed by atoms with E-state index in [0.29, 0.717) is 0 Å². The van der Waals surface area contributed by atoms with Gasteiger partial charge in [-0.1, -0.05) is 48.5 Å². The quantitative estimate of drug-likeness (QED) is 0.756. The SMILES string of the molecule is c1cncc(NC2c3ccccc3Cc3ccccc32)c1. The molecule has 1 aliphatic rings. The van der Waals surface area contributed by atoms with E-state index < -0.39 is 0 Å². The van der Waals surface area contributed by atoms with Crippen LogP contribution < -0.4 is 5.32 Å². The molecule has 0 aliphatic heterocycles. The second-order valence-corrected chi connectivity index (χ2v) is 5.39. The first kappa shape index (κ1) is 12.2. The lowest BCUT2D eigenvalue weighted by atomic mass is 9.82. The molecule has 102 valence electrons. The Morgan fingerprint density at radius 1 is 0.810 bits per heavy atom. The molecule has 1 N–H and O–H groups in total. The van der Waals surface area contributed by atoms with Crippen molar-refractivity contribution in [1.82, 2.24) is 4.98 Å². The van der Waals surface area contributed by atoms with E-state index in [2.05, 4.69) is 64.9 Å². The van der Waals surface area contributed by atoms with E-state index in [1.54, 1.807) is 6.20 Å². The van der Waals surface area contributed by atoms with Gasteiger partial charge in [-0.3, -0.25) is 4.98 Å². The fourth-order valence-corrected chi connectivity index (χ4v) is 3.10. The van der Waals surface area contributed by atoms with Gasteiger partial charge in [-0.05, 0) is 40.8 Å². The van der Waals surface area contributed by atoms with Gasteiger partial charge in [0, 0.05) is 12.4 Å².